The van der Waals surface area contributed by atoms with Gasteiger partial charge in [-0.2, -0.15) is 0 Å². The molecule has 4 aromatic rings. The van der Waals surface area contributed by atoms with Crippen LogP contribution in [-0.2, 0) is 19.1 Å². The van der Waals surface area contributed by atoms with E-state index in [0.717, 1.165) is 11.3 Å². The Labute approximate surface area is 266 Å². The van der Waals surface area contributed by atoms with Crippen molar-refractivity contribution in [1.29, 1.82) is 0 Å². The molecule has 1 aliphatic rings. The topological polar surface area (TPSA) is 105 Å². The fourth-order valence-corrected chi connectivity index (χ4v) is 6.12. The molecule has 232 valence electrons. The summed E-state index contributed by atoms with van der Waals surface area (Å²) in [6.45, 7) is 3.33. The van der Waals surface area contributed by atoms with Gasteiger partial charge in [0.05, 0.1) is 47.2 Å². The summed E-state index contributed by atoms with van der Waals surface area (Å²) < 4.78 is 37.0. The highest BCUT2D eigenvalue weighted by Gasteiger charge is 2.35. The molecule has 0 radical (unpaired) electrons. The molecule has 12 heteroatoms. The van der Waals surface area contributed by atoms with Gasteiger partial charge < -0.3 is 18.9 Å². The standard InChI is InChI=1S/C33H28ClFN2O7S/c1-4-42-26(38)18-44-30-23(34)15-19(16-24(30)41-3)17-25-31(39)37-29(21-11-13-22(35)14-12-21)27(32(40)43-5-2)28(36-33(37)45-25)20-9-7-6-8-10-20/h6-17,29H,4-5,18H2,1-3H3/b25-17-/t29-/m1/s1. The number of halogens is 2. The van der Waals surface area contributed by atoms with Crippen LogP contribution in [0.3, 0.4) is 0 Å². The summed E-state index contributed by atoms with van der Waals surface area (Å²) in [4.78, 5) is 44.5. The molecule has 9 nitrogen and oxygen atoms in total. The number of methoxy groups -OCH3 is 1. The molecule has 0 amide bonds. The largest absolute Gasteiger partial charge is 0.493 e. The molecular formula is C33H28ClFN2O7S. The highest BCUT2D eigenvalue weighted by atomic mass is 35.5. The lowest BCUT2D eigenvalue weighted by molar-refractivity contribution is -0.145. The van der Waals surface area contributed by atoms with Crippen LogP contribution in [0.15, 0.2) is 82.1 Å². The minimum Gasteiger partial charge on any atom is -0.493 e. The maximum absolute atomic E-state index is 14.1. The van der Waals surface area contributed by atoms with Crippen LogP contribution in [0, 0.1) is 5.82 Å². The first-order valence-electron chi connectivity index (χ1n) is 14.0. The van der Waals surface area contributed by atoms with E-state index in [1.807, 2.05) is 30.3 Å². The third-order valence-corrected chi connectivity index (χ3v) is 8.01. The molecule has 0 N–H and O–H groups in total. The number of benzene rings is 3. The van der Waals surface area contributed by atoms with E-state index in [1.54, 1.807) is 32.1 Å². The number of thiazole rings is 1. The molecule has 0 bridgehead atoms. The van der Waals surface area contributed by atoms with Crippen LogP contribution in [0.2, 0.25) is 5.02 Å². The Hall–Kier alpha value is -4.74. The van der Waals surface area contributed by atoms with Crippen LogP contribution in [0.4, 0.5) is 4.39 Å². The lowest BCUT2D eigenvalue weighted by atomic mass is 9.93. The maximum Gasteiger partial charge on any atom is 0.344 e. The summed E-state index contributed by atoms with van der Waals surface area (Å²) in [6.07, 6.45) is 1.62. The van der Waals surface area contributed by atoms with E-state index in [1.165, 1.54) is 35.9 Å². The number of carbonyl (C=O) groups is 2. The number of esters is 2. The van der Waals surface area contributed by atoms with Crippen molar-refractivity contribution in [3.8, 4) is 11.5 Å². The minimum absolute atomic E-state index is 0.104. The third kappa shape index (κ3) is 6.69. The van der Waals surface area contributed by atoms with Gasteiger partial charge in [-0.1, -0.05) is 65.4 Å². The van der Waals surface area contributed by atoms with E-state index in [0.29, 0.717) is 27.2 Å². The van der Waals surface area contributed by atoms with Crippen molar-refractivity contribution in [3.63, 3.8) is 0 Å². The second-order valence-electron chi connectivity index (χ2n) is 9.61. The van der Waals surface area contributed by atoms with Crippen molar-refractivity contribution < 1.29 is 32.9 Å². The number of hydrogen-bond acceptors (Lipinski definition) is 9. The van der Waals surface area contributed by atoms with Gasteiger partial charge in [0.1, 0.15) is 5.82 Å². The number of ether oxygens (including phenoxy) is 4. The quantitative estimate of drug-likeness (QED) is 0.230. The summed E-state index contributed by atoms with van der Waals surface area (Å²) in [5.41, 5.74) is 1.74. The fraction of sp³-hybridized carbons (Fsp3) is 0.212. The Balaban J connectivity index is 1.69. The van der Waals surface area contributed by atoms with Crippen molar-refractivity contribution in [1.82, 2.24) is 4.57 Å². The highest BCUT2D eigenvalue weighted by Crippen LogP contribution is 2.37. The summed E-state index contributed by atoms with van der Waals surface area (Å²) in [6, 6.07) is 17.0. The smallest absolute Gasteiger partial charge is 0.344 e. The Morgan fingerprint density at radius 3 is 2.42 bits per heavy atom. The monoisotopic (exact) mass is 650 g/mol. The summed E-state index contributed by atoms with van der Waals surface area (Å²) in [7, 11) is 1.42. The van der Waals surface area contributed by atoms with Crippen LogP contribution in [0.1, 0.15) is 36.6 Å². The Bertz CT molecular complexity index is 1950. The number of nitrogens with zero attached hydrogens (tertiary/aromatic N) is 2. The molecule has 5 rings (SSSR count). The molecule has 0 fully saturated rings. The van der Waals surface area contributed by atoms with Crippen LogP contribution in [0.25, 0.3) is 11.8 Å². The first-order valence-corrected chi connectivity index (χ1v) is 15.1. The first-order chi connectivity index (χ1) is 21.7. The Morgan fingerprint density at radius 1 is 1.04 bits per heavy atom. The molecule has 0 spiro atoms. The van der Waals surface area contributed by atoms with Gasteiger partial charge in [-0.15, -0.1) is 0 Å². The molecule has 0 unspecified atom stereocenters. The molecule has 0 aliphatic carbocycles. The molecule has 2 heterocycles. The van der Waals surface area contributed by atoms with Crippen molar-refractivity contribution in [3.05, 3.63) is 120 Å². The number of aromatic nitrogens is 1. The van der Waals surface area contributed by atoms with Gasteiger partial charge in [0.2, 0.25) is 0 Å². The van der Waals surface area contributed by atoms with Gasteiger partial charge in [-0.3, -0.25) is 9.36 Å². The van der Waals surface area contributed by atoms with Crippen LogP contribution in [-0.4, -0.2) is 43.4 Å². The molecular weight excluding hydrogens is 623 g/mol. The average molecular weight is 651 g/mol. The zero-order valence-electron chi connectivity index (χ0n) is 24.5. The van der Waals surface area contributed by atoms with E-state index in [4.69, 9.17) is 35.5 Å². The fourth-order valence-electron chi connectivity index (χ4n) is 4.85. The Kier molecular flexibility index (Phi) is 9.80. The molecule has 0 saturated carbocycles. The predicted molar refractivity (Wildman–Crippen MR) is 168 cm³/mol. The lowest BCUT2D eigenvalue weighted by Gasteiger charge is -2.25. The number of fused-ring (bicyclic) bond motifs is 1. The number of hydrogen-bond donors (Lipinski definition) is 0. The lowest BCUT2D eigenvalue weighted by Crippen LogP contribution is -2.40. The summed E-state index contributed by atoms with van der Waals surface area (Å²) in [5, 5.41) is 0.151. The number of carbonyl (C=O) groups excluding carboxylic acids is 2. The maximum atomic E-state index is 14.1. The number of rotatable bonds is 10. The SMILES string of the molecule is CCOC(=O)COc1c(Cl)cc(/C=c2\sc3n(c2=O)[C@H](c2ccc(F)cc2)C(C(=O)OCC)=C(c2ccccc2)N=3)cc1OC. The second-order valence-corrected chi connectivity index (χ2v) is 11.0. The van der Waals surface area contributed by atoms with E-state index in [2.05, 4.69) is 0 Å². The summed E-state index contributed by atoms with van der Waals surface area (Å²) >= 11 is 7.62. The molecule has 1 atom stereocenters. The Morgan fingerprint density at radius 2 is 1.76 bits per heavy atom. The zero-order chi connectivity index (χ0) is 32.1. The van der Waals surface area contributed by atoms with E-state index >= 15 is 0 Å². The minimum atomic E-state index is -0.949. The van der Waals surface area contributed by atoms with Gasteiger partial charge in [0, 0.05) is 5.56 Å². The van der Waals surface area contributed by atoms with Crippen molar-refractivity contribution in [2.75, 3.05) is 26.9 Å². The van der Waals surface area contributed by atoms with E-state index in [-0.39, 0.29) is 46.4 Å². The van der Waals surface area contributed by atoms with Gasteiger partial charge in [-0.25, -0.2) is 19.0 Å². The first kappa shape index (κ1) is 31.7. The van der Waals surface area contributed by atoms with Crippen LogP contribution >= 0.6 is 22.9 Å². The molecule has 45 heavy (non-hydrogen) atoms. The molecule has 1 aromatic heterocycles. The average Bonchev–Trinajstić information content (AvgIpc) is 3.34. The van der Waals surface area contributed by atoms with Crippen molar-refractivity contribution in [2.24, 2.45) is 4.99 Å². The normalized spacial score (nSPS) is 14.4. The molecule has 0 saturated heterocycles. The van der Waals surface area contributed by atoms with Crippen molar-refractivity contribution >= 4 is 46.6 Å². The molecule has 1 aliphatic heterocycles. The van der Waals surface area contributed by atoms with Gasteiger partial charge in [0.15, 0.2) is 22.9 Å². The van der Waals surface area contributed by atoms with Gasteiger partial charge in [0.25, 0.3) is 5.56 Å². The third-order valence-electron chi connectivity index (χ3n) is 6.75. The van der Waals surface area contributed by atoms with Gasteiger partial charge in [-0.05, 0) is 55.3 Å². The second kappa shape index (κ2) is 13.9. The summed E-state index contributed by atoms with van der Waals surface area (Å²) in [5.74, 6) is -1.27. The van der Waals surface area contributed by atoms with E-state index in [9.17, 15) is 18.8 Å². The van der Waals surface area contributed by atoms with Gasteiger partial charge >= 0.3 is 11.9 Å². The molecule has 3 aromatic carbocycles. The van der Waals surface area contributed by atoms with Crippen molar-refractivity contribution in [2.45, 2.75) is 19.9 Å². The van der Waals surface area contributed by atoms with Crippen LogP contribution < -0.4 is 24.4 Å². The highest BCUT2D eigenvalue weighted by molar-refractivity contribution is 7.07. The zero-order valence-corrected chi connectivity index (χ0v) is 26.1. The van der Waals surface area contributed by atoms with E-state index < -0.39 is 29.4 Å². The predicted octanol–water partition coefficient (Wildman–Crippen LogP) is 4.68. The van der Waals surface area contributed by atoms with Crippen LogP contribution in [0.5, 0.6) is 11.5 Å².